The summed E-state index contributed by atoms with van der Waals surface area (Å²) in [5.41, 5.74) is 0.684. The van der Waals surface area contributed by atoms with Crippen molar-refractivity contribution in [3.63, 3.8) is 0 Å². The van der Waals surface area contributed by atoms with E-state index < -0.39 is 23.8 Å². The summed E-state index contributed by atoms with van der Waals surface area (Å²) >= 11 is 0. The Hall–Kier alpha value is -3.43. The summed E-state index contributed by atoms with van der Waals surface area (Å²) in [6, 6.07) is 11.5. The van der Waals surface area contributed by atoms with Crippen LogP contribution < -0.4 is 5.32 Å². The Morgan fingerprint density at radius 3 is 2.54 bits per heavy atom. The largest absolute Gasteiger partial charge is 0.446 e. The number of carbonyl (C=O) groups is 2. The van der Waals surface area contributed by atoms with Crippen LogP contribution in [0.4, 0.5) is 4.79 Å². The summed E-state index contributed by atoms with van der Waals surface area (Å²) in [5.74, 6) is 1.75. The number of hydrogen-bond acceptors (Lipinski definition) is 6. The van der Waals surface area contributed by atoms with E-state index in [4.69, 9.17) is 6.11 Å². The maximum absolute atomic E-state index is 14.3. The van der Waals surface area contributed by atoms with E-state index in [2.05, 4.69) is 15.3 Å². The molecule has 4 bridgehead atoms. The van der Waals surface area contributed by atoms with Crippen LogP contribution in [0.2, 0.25) is 0 Å². The van der Waals surface area contributed by atoms with E-state index in [1.54, 1.807) is 25.4 Å². The van der Waals surface area contributed by atoms with Gasteiger partial charge in [-0.2, -0.15) is 0 Å². The number of nitrogens with one attached hydrogen (secondary N) is 2. The SMILES string of the molecule is [2H]c1ccnc2[nH]cc(C[C@](C)(NC(=O)OC3C4CC5CC(C4)CC3C5)C(=O)N(CCc3ccccc3)CC(O)O)c12. The first-order valence-corrected chi connectivity index (χ1v) is 14.8. The minimum atomic E-state index is -1.74. The Balaban J connectivity index is 1.26. The van der Waals surface area contributed by atoms with Crippen LogP contribution in [0.5, 0.6) is 0 Å². The fourth-order valence-corrected chi connectivity index (χ4v) is 7.82. The third-order valence-electron chi connectivity index (χ3n) is 9.41. The molecular weight excluding hydrogens is 520 g/mol. The zero-order valence-electron chi connectivity index (χ0n) is 24.5. The van der Waals surface area contributed by atoms with E-state index in [1.807, 2.05) is 30.3 Å². The highest BCUT2D eigenvalue weighted by Crippen LogP contribution is 2.54. The lowest BCUT2D eigenvalue weighted by Gasteiger charge is -2.53. The molecule has 0 unspecified atom stereocenters. The second kappa shape index (κ2) is 11.4. The molecule has 4 fully saturated rings. The van der Waals surface area contributed by atoms with Gasteiger partial charge in [-0.3, -0.25) is 4.79 Å². The van der Waals surface area contributed by atoms with Crippen molar-refractivity contribution in [2.75, 3.05) is 13.1 Å². The van der Waals surface area contributed by atoms with Crippen molar-refractivity contribution in [2.45, 2.75) is 69.8 Å². The van der Waals surface area contributed by atoms with Crippen LogP contribution in [0.3, 0.4) is 0 Å². The molecule has 2 aromatic heterocycles. The van der Waals surface area contributed by atoms with Gasteiger partial charge in [0, 0.05) is 30.7 Å². The molecule has 9 nitrogen and oxygen atoms in total. The number of benzene rings is 1. The number of hydrogen-bond donors (Lipinski definition) is 4. The number of alkyl carbamates (subject to hydrolysis) is 1. The molecule has 2 amide bonds. The van der Waals surface area contributed by atoms with Crippen LogP contribution in [0.15, 0.2) is 54.8 Å². The van der Waals surface area contributed by atoms with Crippen LogP contribution in [0.25, 0.3) is 11.0 Å². The lowest BCUT2D eigenvalue weighted by molar-refractivity contribution is -0.144. The van der Waals surface area contributed by atoms with E-state index in [9.17, 15) is 19.8 Å². The van der Waals surface area contributed by atoms with Gasteiger partial charge in [-0.25, -0.2) is 9.78 Å². The molecule has 4 saturated carbocycles. The third-order valence-corrected chi connectivity index (χ3v) is 9.41. The maximum Gasteiger partial charge on any atom is 0.408 e. The minimum absolute atomic E-state index is 0.0591. The molecule has 0 saturated heterocycles. The number of pyridine rings is 1. The third kappa shape index (κ3) is 5.97. The Morgan fingerprint density at radius 2 is 1.85 bits per heavy atom. The molecule has 4 N–H and O–H groups in total. The van der Waals surface area contributed by atoms with Gasteiger partial charge in [-0.1, -0.05) is 30.3 Å². The molecule has 41 heavy (non-hydrogen) atoms. The highest BCUT2D eigenvalue weighted by molar-refractivity contribution is 5.91. The van der Waals surface area contributed by atoms with Crippen molar-refractivity contribution < 1.29 is 25.9 Å². The lowest BCUT2D eigenvalue weighted by atomic mass is 9.55. The molecule has 3 aromatic rings. The van der Waals surface area contributed by atoms with Gasteiger partial charge in [-0.15, -0.1) is 0 Å². The van der Waals surface area contributed by atoms with Crippen LogP contribution in [0, 0.1) is 23.7 Å². The Morgan fingerprint density at radius 1 is 1.15 bits per heavy atom. The van der Waals surface area contributed by atoms with Gasteiger partial charge in [0.2, 0.25) is 5.91 Å². The zero-order chi connectivity index (χ0) is 29.4. The molecule has 0 radical (unpaired) electrons. The first-order chi connectivity index (χ1) is 20.2. The second-order valence-electron chi connectivity index (χ2n) is 12.5. The van der Waals surface area contributed by atoms with E-state index >= 15 is 0 Å². The first-order valence-electron chi connectivity index (χ1n) is 15.3. The fraction of sp³-hybridized carbons (Fsp3) is 0.531. The van der Waals surface area contributed by atoms with Crippen LogP contribution >= 0.6 is 0 Å². The Labute approximate surface area is 241 Å². The number of aromatic amines is 1. The number of amides is 2. The van der Waals surface area contributed by atoms with E-state index in [0.717, 1.165) is 43.1 Å². The average Bonchev–Trinajstić information content (AvgIpc) is 3.36. The number of rotatable bonds is 10. The minimum Gasteiger partial charge on any atom is -0.446 e. The summed E-state index contributed by atoms with van der Waals surface area (Å²) in [6.07, 6.45) is 6.96. The van der Waals surface area contributed by atoms with Crippen LogP contribution in [-0.4, -0.2) is 68.1 Å². The summed E-state index contributed by atoms with van der Waals surface area (Å²) in [5, 5.41) is 23.3. The van der Waals surface area contributed by atoms with Gasteiger partial charge >= 0.3 is 6.09 Å². The van der Waals surface area contributed by atoms with Crippen LogP contribution in [0.1, 0.15) is 51.5 Å². The molecule has 0 aliphatic heterocycles. The fourth-order valence-electron chi connectivity index (χ4n) is 7.82. The van der Waals surface area contributed by atoms with Crippen molar-refractivity contribution in [1.82, 2.24) is 20.2 Å². The molecule has 4 aliphatic rings. The number of nitrogens with zero attached hydrogens (tertiary/aromatic N) is 2. The summed E-state index contributed by atoms with van der Waals surface area (Å²) < 4.78 is 14.6. The molecule has 1 atom stereocenters. The molecule has 218 valence electrons. The van der Waals surface area contributed by atoms with Gasteiger partial charge in [0.05, 0.1) is 7.92 Å². The molecule has 0 spiro atoms. The normalized spacial score (nSPS) is 26.5. The number of fused-ring (bicyclic) bond motifs is 1. The summed E-state index contributed by atoms with van der Waals surface area (Å²) in [6.45, 7) is 1.56. The smallest absolute Gasteiger partial charge is 0.408 e. The standard InChI is InChI=1S/C32H40N4O5/c1-32(17-25-18-34-29-26(25)8-5-10-33-29,30(39)36(19-27(37)38)11-9-20-6-3-2-4-7-20)35-31(40)41-28-23-13-21-12-22(15-23)16-24(28)14-21/h2-8,10,18,21-24,27-28,37-38H,9,11-17,19H2,1H3,(H,33,34)(H,35,40)/t21?,22?,23?,24?,28?,32-/m0/s1/i8D. The summed E-state index contributed by atoms with van der Waals surface area (Å²) in [7, 11) is 0. The second-order valence-corrected chi connectivity index (χ2v) is 12.5. The summed E-state index contributed by atoms with van der Waals surface area (Å²) in [4.78, 5) is 36.6. The molecule has 1 aromatic carbocycles. The van der Waals surface area contributed by atoms with E-state index in [1.165, 1.54) is 11.3 Å². The number of ether oxygens (including phenoxy) is 1. The lowest BCUT2D eigenvalue weighted by Crippen LogP contribution is -2.61. The quantitative estimate of drug-likeness (QED) is 0.279. The van der Waals surface area contributed by atoms with Crippen molar-refractivity contribution >= 4 is 23.0 Å². The zero-order valence-corrected chi connectivity index (χ0v) is 23.5. The monoisotopic (exact) mass is 561 g/mol. The van der Waals surface area contributed by atoms with Crippen LogP contribution in [-0.2, 0) is 22.4 Å². The predicted octanol–water partition coefficient (Wildman–Crippen LogP) is 3.80. The van der Waals surface area contributed by atoms with Crippen molar-refractivity contribution in [1.29, 1.82) is 0 Å². The predicted molar refractivity (Wildman–Crippen MR) is 154 cm³/mol. The molecular formula is C32H40N4O5. The number of H-pyrrole nitrogens is 1. The van der Waals surface area contributed by atoms with Gasteiger partial charge in [0.15, 0.2) is 6.29 Å². The van der Waals surface area contributed by atoms with Crippen molar-refractivity contribution in [2.24, 2.45) is 23.7 Å². The van der Waals surface area contributed by atoms with Gasteiger partial charge in [-0.05, 0) is 92.4 Å². The number of aromatic nitrogens is 2. The topological polar surface area (TPSA) is 128 Å². The van der Waals surface area contributed by atoms with E-state index in [-0.39, 0.29) is 31.7 Å². The van der Waals surface area contributed by atoms with Gasteiger partial charge < -0.3 is 30.2 Å². The van der Waals surface area contributed by atoms with Crippen molar-refractivity contribution in [3.8, 4) is 0 Å². The number of aliphatic hydroxyl groups is 2. The highest BCUT2D eigenvalue weighted by Gasteiger charge is 2.50. The molecule has 9 heteroatoms. The van der Waals surface area contributed by atoms with E-state index in [0.29, 0.717) is 34.9 Å². The Kier molecular flexibility index (Phi) is 7.39. The molecule has 2 heterocycles. The van der Waals surface area contributed by atoms with Gasteiger partial charge in [0.1, 0.15) is 17.3 Å². The Bertz CT molecular complexity index is 1400. The number of aliphatic hydroxyl groups excluding tert-OH is 1. The molecule has 4 aliphatic carbocycles. The van der Waals surface area contributed by atoms with Gasteiger partial charge in [0.25, 0.3) is 0 Å². The van der Waals surface area contributed by atoms with Crippen molar-refractivity contribution in [3.05, 3.63) is 66.0 Å². The molecule has 7 rings (SSSR count). The first kappa shape index (κ1) is 26.5. The highest BCUT2D eigenvalue weighted by atomic mass is 16.6. The number of carbonyl (C=O) groups excluding carboxylic acids is 2. The average molecular weight is 562 g/mol. The maximum atomic E-state index is 14.3.